The number of rotatable bonds is 3. The van der Waals surface area contributed by atoms with Crippen molar-refractivity contribution in [2.24, 2.45) is 11.7 Å². The number of carbonyl (C=O) groups is 1. The van der Waals surface area contributed by atoms with E-state index in [1.807, 2.05) is 19.1 Å². The average molecular weight is 285 g/mol. The molecule has 1 aliphatic carbocycles. The molecule has 1 saturated carbocycles. The molecule has 1 aliphatic rings. The minimum Gasteiger partial charge on any atom is -0.349 e. The number of nitriles is 1. The van der Waals surface area contributed by atoms with E-state index in [1.165, 1.54) is 6.42 Å². The van der Waals surface area contributed by atoms with Crippen molar-refractivity contribution in [1.82, 2.24) is 5.32 Å². The summed E-state index contributed by atoms with van der Waals surface area (Å²) in [5.74, 6) is -0.0189. The monoisotopic (exact) mass is 285 g/mol. The van der Waals surface area contributed by atoms with Crippen molar-refractivity contribution in [3.8, 4) is 6.07 Å². The highest BCUT2D eigenvalue weighted by Crippen LogP contribution is 2.23. The fourth-order valence-electron chi connectivity index (χ4n) is 2.91. The Morgan fingerprint density at radius 1 is 1.29 bits per heavy atom. The second-order valence-corrected chi connectivity index (χ2v) is 5.87. The van der Waals surface area contributed by atoms with Crippen LogP contribution in [0.4, 0.5) is 0 Å². The van der Waals surface area contributed by atoms with Gasteiger partial charge in [-0.05, 0) is 37.5 Å². The third-order valence-electron chi connectivity index (χ3n) is 4.30. The molecular weight excluding hydrogens is 262 g/mol. The van der Waals surface area contributed by atoms with Gasteiger partial charge in [-0.3, -0.25) is 4.79 Å². The zero-order valence-corrected chi connectivity index (χ0v) is 12.5. The quantitative estimate of drug-likeness (QED) is 0.838. The number of hydrogen-bond donors (Lipinski definition) is 2. The fraction of sp³-hybridized carbons (Fsp3) is 0.529. The van der Waals surface area contributed by atoms with Gasteiger partial charge in [-0.1, -0.05) is 31.4 Å². The molecule has 0 aliphatic heterocycles. The molecule has 3 unspecified atom stereocenters. The molecule has 4 heteroatoms. The molecule has 1 amide bonds. The van der Waals surface area contributed by atoms with E-state index in [9.17, 15) is 4.79 Å². The van der Waals surface area contributed by atoms with Crippen LogP contribution >= 0.6 is 0 Å². The first-order valence-electron chi connectivity index (χ1n) is 7.68. The lowest BCUT2D eigenvalue weighted by Gasteiger charge is -2.23. The van der Waals surface area contributed by atoms with Gasteiger partial charge in [0.05, 0.1) is 23.6 Å². The first-order valence-corrected chi connectivity index (χ1v) is 7.68. The Morgan fingerprint density at radius 3 is 2.62 bits per heavy atom. The van der Waals surface area contributed by atoms with Gasteiger partial charge in [-0.15, -0.1) is 0 Å². The number of hydrogen-bond acceptors (Lipinski definition) is 3. The van der Waals surface area contributed by atoms with Gasteiger partial charge in [0.25, 0.3) is 0 Å². The molecule has 21 heavy (non-hydrogen) atoms. The predicted octanol–water partition coefficient (Wildman–Crippen LogP) is 2.64. The van der Waals surface area contributed by atoms with Crippen molar-refractivity contribution in [1.29, 1.82) is 5.26 Å². The molecule has 112 valence electrons. The highest BCUT2D eigenvalue weighted by atomic mass is 16.2. The van der Waals surface area contributed by atoms with Crippen LogP contribution in [0.2, 0.25) is 0 Å². The van der Waals surface area contributed by atoms with Crippen LogP contribution in [0.3, 0.4) is 0 Å². The Kier molecular flexibility index (Phi) is 5.35. The highest BCUT2D eigenvalue weighted by molar-refractivity contribution is 5.79. The van der Waals surface area contributed by atoms with Gasteiger partial charge in [0.15, 0.2) is 0 Å². The van der Waals surface area contributed by atoms with Crippen molar-refractivity contribution >= 4 is 5.91 Å². The first kappa shape index (κ1) is 15.5. The molecule has 0 radical (unpaired) electrons. The average Bonchev–Trinajstić information content (AvgIpc) is 2.71. The molecule has 3 N–H and O–H groups in total. The lowest BCUT2D eigenvalue weighted by atomic mass is 9.94. The maximum absolute atomic E-state index is 12.4. The normalized spacial score (nSPS) is 23.7. The number of nitrogens with one attached hydrogen (secondary N) is 1. The summed E-state index contributed by atoms with van der Waals surface area (Å²) in [7, 11) is 0. The molecule has 0 heterocycles. The largest absolute Gasteiger partial charge is 0.349 e. The standard InChI is InChI=1S/C17H23N3O/c1-12(14-9-7-13(11-18)8-10-14)20-17(21)15-5-3-2-4-6-16(15)19/h7-10,12,15-16H,2-6,19H2,1H3,(H,20,21). The van der Waals surface area contributed by atoms with Crippen molar-refractivity contribution in [3.63, 3.8) is 0 Å². The third-order valence-corrected chi connectivity index (χ3v) is 4.30. The molecule has 4 nitrogen and oxygen atoms in total. The highest BCUT2D eigenvalue weighted by Gasteiger charge is 2.27. The first-order chi connectivity index (χ1) is 10.1. The van der Waals surface area contributed by atoms with Gasteiger partial charge < -0.3 is 11.1 Å². The van der Waals surface area contributed by atoms with Crippen LogP contribution in [-0.4, -0.2) is 11.9 Å². The van der Waals surface area contributed by atoms with Gasteiger partial charge in [-0.2, -0.15) is 5.26 Å². The van der Waals surface area contributed by atoms with Gasteiger partial charge in [0, 0.05) is 6.04 Å². The number of carbonyl (C=O) groups excluding carboxylic acids is 1. The summed E-state index contributed by atoms with van der Waals surface area (Å²) in [5.41, 5.74) is 7.77. The number of amides is 1. The van der Waals surface area contributed by atoms with Crippen molar-refractivity contribution in [2.75, 3.05) is 0 Å². The summed E-state index contributed by atoms with van der Waals surface area (Å²) < 4.78 is 0. The van der Waals surface area contributed by atoms with Crippen LogP contribution < -0.4 is 11.1 Å². The van der Waals surface area contributed by atoms with E-state index < -0.39 is 0 Å². The molecule has 1 aromatic rings. The predicted molar refractivity (Wildman–Crippen MR) is 82.3 cm³/mol. The summed E-state index contributed by atoms with van der Waals surface area (Å²) >= 11 is 0. The Hall–Kier alpha value is -1.86. The van der Waals surface area contributed by atoms with Crippen LogP contribution in [-0.2, 0) is 4.79 Å². The van der Waals surface area contributed by atoms with E-state index in [4.69, 9.17) is 11.0 Å². The topological polar surface area (TPSA) is 78.9 Å². The van der Waals surface area contributed by atoms with Crippen LogP contribution in [0.5, 0.6) is 0 Å². The molecule has 2 rings (SSSR count). The molecule has 1 aromatic carbocycles. The second kappa shape index (κ2) is 7.24. The maximum Gasteiger partial charge on any atom is 0.225 e. The molecule has 1 fully saturated rings. The summed E-state index contributed by atoms with van der Waals surface area (Å²) in [5, 5.41) is 11.9. The Labute approximate surface area is 126 Å². The molecule has 0 saturated heterocycles. The summed E-state index contributed by atoms with van der Waals surface area (Å²) in [6, 6.07) is 9.32. The summed E-state index contributed by atoms with van der Waals surface area (Å²) in [6.45, 7) is 1.96. The van der Waals surface area contributed by atoms with E-state index >= 15 is 0 Å². The molecule has 3 atom stereocenters. The van der Waals surface area contributed by atoms with E-state index in [0.29, 0.717) is 5.56 Å². The summed E-state index contributed by atoms with van der Waals surface area (Å²) in [6.07, 6.45) is 5.19. The van der Waals surface area contributed by atoms with Gasteiger partial charge in [-0.25, -0.2) is 0 Å². The minimum absolute atomic E-state index is 0.0272. The van der Waals surface area contributed by atoms with Crippen molar-refractivity contribution < 1.29 is 4.79 Å². The minimum atomic E-state index is -0.0756. The SMILES string of the molecule is CC(NC(=O)C1CCCCCC1N)c1ccc(C#N)cc1. The van der Waals surface area contributed by atoms with E-state index in [0.717, 1.165) is 31.2 Å². The van der Waals surface area contributed by atoms with Gasteiger partial charge in [0.1, 0.15) is 0 Å². The van der Waals surface area contributed by atoms with Crippen molar-refractivity contribution in [3.05, 3.63) is 35.4 Å². The second-order valence-electron chi connectivity index (χ2n) is 5.87. The Bertz CT molecular complexity index is 518. The smallest absolute Gasteiger partial charge is 0.225 e. The third kappa shape index (κ3) is 4.05. The molecular formula is C17H23N3O. The Morgan fingerprint density at radius 2 is 1.95 bits per heavy atom. The van der Waals surface area contributed by atoms with Crippen LogP contribution in [0.1, 0.15) is 56.2 Å². The maximum atomic E-state index is 12.4. The van der Waals surface area contributed by atoms with Crippen LogP contribution in [0.25, 0.3) is 0 Å². The lowest BCUT2D eigenvalue weighted by Crippen LogP contribution is -2.42. The van der Waals surface area contributed by atoms with Crippen LogP contribution in [0, 0.1) is 17.2 Å². The lowest BCUT2D eigenvalue weighted by molar-refractivity contribution is -0.126. The zero-order chi connectivity index (χ0) is 15.2. The number of nitrogens with zero attached hydrogens (tertiary/aromatic N) is 1. The van der Waals surface area contributed by atoms with Crippen molar-refractivity contribution in [2.45, 2.75) is 51.1 Å². The summed E-state index contributed by atoms with van der Waals surface area (Å²) in [4.78, 5) is 12.4. The van der Waals surface area contributed by atoms with E-state index in [-0.39, 0.29) is 23.9 Å². The fourth-order valence-corrected chi connectivity index (χ4v) is 2.91. The Balaban J connectivity index is 1.98. The number of benzene rings is 1. The zero-order valence-electron chi connectivity index (χ0n) is 12.5. The van der Waals surface area contributed by atoms with E-state index in [1.54, 1.807) is 12.1 Å². The van der Waals surface area contributed by atoms with Gasteiger partial charge in [0.2, 0.25) is 5.91 Å². The molecule has 0 bridgehead atoms. The molecule has 0 spiro atoms. The van der Waals surface area contributed by atoms with Gasteiger partial charge >= 0.3 is 0 Å². The molecule has 0 aromatic heterocycles. The number of nitrogens with two attached hydrogens (primary N) is 1. The van der Waals surface area contributed by atoms with E-state index in [2.05, 4.69) is 11.4 Å². The van der Waals surface area contributed by atoms with Crippen LogP contribution in [0.15, 0.2) is 24.3 Å².